The van der Waals surface area contributed by atoms with E-state index in [4.69, 9.17) is 22.3 Å². The number of benzene rings is 4. The molecule has 2 saturated heterocycles. The van der Waals surface area contributed by atoms with Crippen molar-refractivity contribution in [3.8, 4) is 12.1 Å². The van der Waals surface area contributed by atoms with Crippen molar-refractivity contribution in [2.45, 2.75) is 145 Å². The molecule has 0 spiro atoms. The molecule has 0 atom stereocenters. The van der Waals surface area contributed by atoms with Gasteiger partial charge in [-0.1, -0.05) is 60.1 Å². The number of piperidine rings is 2. The van der Waals surface area contributed by atoms with Crippen LogP contribution in [0.3, 0.4) is 0 Å². The fourth-order valence-corrected chi connectivity index (χ4v) is 11.4. The van der Waals surface area contributed by atoms with Crippen molar-refractivity contribution in [1.82, 2.24) is 40.5 Å². The molecule has 8 aromatic rings. The predicted octanol–water partition coefficient (Wildman–Crippen LogP) is 13.2. The van der Waals surface area contributed by atoms with E-state index in [2.05, 4.69) is 136 Å². The molecule has 14 nitrogen and oxygen atoms in total. The number of nitrogens with zero attached hydrogens (tertiary/aromatic N) is 10. The summed E-state index contributed by atoms with van der Waals surface area (Å²) in [5.41, 5.74) is 21.1. The van der Waals surface area contributed by atoms with Crippen LogP contribution in [0, 0.1) is 64.2 Å². The maximum Gasteiger partial charge on any atom is 0.151 e. The molecule has 2 aliphatic rings. The first kappa shape index (κ1) is 59.4. The van der Waals surface area contributed by atoms with Crippen molar-refractivity contribution >= 4 is 62.0 Å². The Labute approximate surface area is 484 Å². The first-order valence-corrected chi connectivity index (χ1v) is 28.6. The highest BCUT2D eigenvalue weighted by Crippen LogP contribution is 2.38. The number of rotatable bonds is 10. The van der Waals surface area contributed by atoms with Gasteiger partial charge in [0.1, 0.15) is 40.1 Å². The maximum atomic E-state index is 10.4. The molecule has 420 valence electrons. The van der Waals surface area contributed by atoms with Gasteiger partial charge in [-0.2, -0.15) is 10.5 Å². The fourth-order valence-electron chi connectivity index (χ4n) is 11.2. The molecule has 6 heterocycles. The number of pyridine rings is 2. The molecule has 0 saturated carbocycles. The minimum Gasteiger partial charge on any atom is -0.399 e. The third-order valence-corrected chi connectivity index (χ3v) is 14.8. The van der Waals surface area contributed by atoms with E-state index < -0.39 is 0 Å². The Morgan fingerprint density at radius 1 is 0.543 bits per heavy atom. The lowest BCUT2D eigenvalue weighted by Gasteiger charge is -2.38. The van der Waals surface area contributed by atoms with Crippen LogP contribution in [0.4, 0.5) is 28.6 Å². The highest BCUT2D eigenvalue weighted by molar-refractivity contribution is 6.31. The quantitative estimate of drug-likeness (QED) is 0.0746. The molecule has 4 aromatic carbocycles. The highest BCUT2D eigenvalue weighted by atomic mass is 35.5. The minimum atomic E-state index is 0.0881. The Kier molecular flexibility index (Phi) is 18.9. The van der Waals surface area contributed by atoms with Gasteiger partial charge in [-0.15, -0.1) is 0 Å². The summed E-state index contributed by atoms with van der Waals surface area (Å²) in [6.45, 7) is 29.0. The molecule has 0 radical (unpaired) electrons. The van der Waals surface area contributed by atoms with Gasteiger partial charge in [-0.3, -0.25) is 0 Å². The summed E-state index contributed by atoms with van der Waals surface area (Å²) < 4.78 is 0. The smallest absolute Gasteiger partial charge is 0.151 e. The van der Waals surface area contributed by atoms with Crippen molar-refractivity contribution in [3.05, 3.63) is 170 Å². The van der Waals surface area contributed by atoms with Crippen LogP contribution in [-0.4, -0.2) is 79.2 Å². The average molecular weight is 1100 g/mol. The summed E-state index contributed by atoms with van der Waals surface area (Å²) in [6, 6.07) is 38.0. The normalized spacial score (nSPS) is 14.2. The van der Waals surface area contributed by atoms with Crippen LogP contribution in [0.15, 0.2) is 97.1 Å². The summed E-state index contributed by atoms with van der Waals surface area (Å²) in [6.07, 6.45) is 5.61. The van der Waals surface area contributed by atoms with E-state index >= 15 is 0 Å². The minimum absolute atomic E-state index is 0.0881. The van der Waals surface area contributed by atoms with Crippen molar-refractivity contribution in [1.29, 1.82) is 10.5 Å². The predicted molar refractivity (Wildman–Crippen MR) is 333 cm³/mol. The van der Waals surface area contributed by atoms with Crippen molar-refractivity contribution in [2.24, 2.45) is 0 Å². The van der Waals surface area contributed by atoms with Crippen LogP contribution in [-0.2, 0) is 12.8 Å². The standard InChI is InChI=1S/C33H39N7.C19H23ClN4.C14H17N3/c1-21-17-26(12-11-24(21)19-30-35-22(2)18-23(3)36-30)37-32-28(20-34)31(27-9-7-8-10-29(27)38-32)40-15-13-25(14-16-40)39-33(4,5)6;1-19(2,3)23-13-8-10-24(11-9-13)17-14-6-4-5-7-16(14)22-18(20)15(17)12-21;1-9-6-13(15)5-4-12(9)8-14-16-10(2)7-11(3)17-14/h7-12,17-18,25,39H,13-16,19H2,1-6H3,(H,37,38);4-7,13,23H,8-11H2,1-3H3;4-7H,8,15H2,1-3H3. The van der Waals surface area contributed by atoms with E-state index in [9.17, 15) is 10.5 Å². The number of nitriles is 2. The van der Waals surface area contributed by atoms with Crippen LogP contribution in [0.5, 0.6) is 0 Å². The van der Waals surface area contributed by atoms with E-state index in [0.29, 0.717) is 40.6 Å². The Morgan fingerprint density at radius 3 is 1.40 bits per heavy atom. The third-order valence-electron chi connectivity index (χ3n) is 14.5. The number of halogens is 1. The van der Waals surface area contributed by atoms with Gasteiger partial charge in [0.15, 0.2) is 5.82 Å². The second-order valence-electron chi connectivity index (χ2n) is 23.8. The molecule has 2 fully saturated rings. The van der Waals surface area contributed by atoms with Crippen LogP contribution >= 0.6 is 11.6 Å². The SMILES string of the molecule is CC(C)(C)NC1CCN(c2c(C#N)c(Cl)nc3ccccc23)CC1.Cc1cc(C)nc(Cc2ccc(N)cc2C)n1.Cc1cc(C)nc(Cc2ccc(Nc3nc4ccccc4c(N4CCC(NC(C)(C)C)CC4)c3C#N)cc2C)n1. The summed E-state index contributed by atoms with van der Waals surface area (Å²) in [4.78, 5) is 32.0. The number of hydrogen-bond acceptors (Lipinski definition) is 14. The first-order valence-electron chi connectivity index (χ1n) is 28.2. The monoisotopic (exact) mass is 1100 g/mol. The van der Waals surface area contributed by atoms with Crippen molar-refractivity contribution < 1.29 is 0 Å². The molecular formula is C66H79ClN14. The molecule has 15 heteroatoms. The van der Waals surface area contributed by atoms with Gasteiger partial charge in [0.2, 0.25) is 0 Å². The lowest BCUT2D eigenvalue weighted by Crippen LogP contribution is -2.49. The number of nitrogens with one attached hydrogen (secondary N) is 3. The Morgan fingerprint density at radius 2 is 0.963 bits per heavy atom. The number of para-hydroxylation sites is 2. The first-order chi connectivity index (χ1) is 38.5. The lowest BCUT2D eigenvalue weighted by molar-refractivity contribution is 0.317. The number of anilines is 5. The van der Waals surface area contributed by atoms with E-state index in [0.717, 1.165) is 143 Å². The molecule has 0 amide bonds. The maximum absolute atomic E-state index is 10.4. The second-order valence-corrected chi connectivity index (χ2v) is 24.2. The van der Waals surface area contributed by atoms with Crippen molar-refractivity contribution in [2.75, 3.05) is 47.0 Å². The molecule has 2 aliphatic heterocycles. The van der Waals surface area contributed by atoms with Gasteiger partial charge in [-0.05, 0) is 180 Å². The van der Waals surface area contributed by atoms with Crippen LogP contribution in [0.2, 0.25) is 5.15 Å². The molecule has 0 unspecified atom stereocenters. The summed E-state index contributed by atoms with van der Waals surface area (Å²) in [5.74, 6) is 2.29. The van der Waals surface area contributed by atoms with Crippen molar-refractivity contribution in [3.63, 3.8) is 0 Å². The van der Waals surface area contributed by atoms with E-state index in [-0.39, 0.29) is 11.1 Å². The van der Waals surface area contributed by atoms with Gasteiger partial charge in [0.05, 0.1) is 22.4 Å². The molecule has 81 heavy (non-hydrogen) atoms. The molecule has 0 bridgehead atoms. The number of fused-ring (bicyclic) bond motifs is 2. The van der Waals surface area contributed by atoms with Crippen LogP contribution < -0.4 is 31.5 Å². The number of nitrogen functional groups attached to an aromatic ring is 1. The van der Waals surface area contributed by atoms with Crippen LogP contribution in [0.1, 0.15) is 135 Å². The highest BCUT2D eigenvalue weighted by Gasteiger charge is 2.29. The van der Waals surface area contributed by atoms with Gasteiger partial charge in [0, 0.05) is 107 Å². The van der Waals surface area contributed by atoms with Crippen LogP contribution in [0.25, 0.3) is 21.8 Å². The largest absolute Gasteiger partial charge is 0.399 e. The molecule has 4 aromatic heterocycles. The van der Waals surface area contributed by atoms with E-state index in [1.807, 2.05) is 107 Å². The number of aromatic nitrogens is 6. The molecular weight excluding hydrogens is 1020 g/mol. The van der Waals surface area contributed by atoms with Gasteiger partial charge < -0.3 is 31.5 Å². The Bertz CT molecular complexity index is 3570. The van der Waals surface area contributed by atoms with E-state index in [1.54, 1.807) is 0 Å². The molecule has 10 rings (SSSR count). The van der Waals surface area contributed by atoms with Gasteiger partial charge in [0.25, 0.3) is 0 Å². The topological polar surface area (TPSA) is 194 Å². The lowest BCUT2D eigenvalue weighted by atomic mass is 9.98. The number of nitrogens with two attached hydrogens (primary N) is 1. The van der Waals surface area contributed by atoms with E-state index in [1.165, 1.54) is 16.7 Å². The summed E-state index contributed by atoms with van der Waals surface area (Å²) in [7, 11) is 0. The number of hydrogen-bond donors (Lipinski definition) is 4. The molecule has 5 N–H and O–H groups in total. The fraction of sp³-hybridized carbons (Fsp3) is 0.394. The summed E-state index contributed by atoms with van der Waals surface area (Å²) in [5, 5.41) is 33.2. The zero-order valence-corrected chi connectivity index (χ0v) is 50.1. The zero-order chi connectivity index (χ0) is 58.2. The Hall–Kier alpha value is -7.75. The summed E-state index contributed by atoms with van der Waals surface area (Å²) >= 11 is 6.27. The van der Waals surface area contributed by atoms with Gasteiger partial charge in [-0.25, -0.2) is 29.9 Å². The Balaban J connectivity index is 0.000000177. The van der Waals surface area contributed by atoms with Gasteiger partial charge >= 0.3 is 0 Å². The molecule has 0 aliphatic carbocycles. The third kappa shape index (κ3) is 15.8. The number of aryl methyl sites for hydroxylation is 6. The average Bonchev–Trinajstić information content (AvgIpc) is 3.52. The second kappa shape index (κ2) is 25.8. The zero-order valence-electron chi connectivity index (χ0n) is 49.4.